The number of hydrogen-bond acceptors (Lipinski definition) is 13. The molecule has 5 rings (SSSR count). The van der Waals surface area contributed by atoms with E-state index in [2.05, 4.69) is 35.9 Å². The molecule has 0 aliphatic carbocycles. The molecule has 0 spiro atoms. The lowest BCUT2D eigenvalue weighted by atomic mass is 10.1. The molecule has 5 aromatic rings. The number of rotatable bonds is 19. The number of aromatic amines is 1. The molecule has 19 heteroatoms. The summed E-state index contributed by atoms with van der Waals surface area (Å²) in [5.74, 6) is -2.14. The third-order valence-electron chi connectivity index (χ3n) is 7.64. The molecule has 300 valence electrons. The van der Waals surface area contributed by atoms with Crippen LogP contribution in [0.1, 0.15) is 65.1 Å². The number of hydrogen-bond donors (Lipinski definition) is 7. The van der Waals surface area contributed by atoms with E-state index in [4.69, 9.17) is 30.1 Å². The smallest absolute Gasteiger partial charge is 0.332 e. The quantitative estimate of drug-likeness (QED) is 0.0542. The number of amides is 3. The summed E-state index contributed by atoms with van der Waals surface area (Å²) in [7, 11) is -1.33. The van der Waals surface area contributed by atoms with Crippen molar-refractivity contribution in [2.75, 3.05) is 41.5 Å². The van der Waals surface area contributed by atoms with Crippen molar-refractivity contribution in [3.05, 3.63) is 112 Å². The largest absolute Gasteiger partial charge is 0.481 e. The number of fused-ring (bicyclic) bond motifs is 1. The number of carboxylic acids is 1. The van der Waals surface area contributed by atoms with Crippen LogP contribution in [-0.4, -0.2) is 68.6 Å². The third kappa shape index (κ3) is 14.4. The topological polar surface area (TPSA) is 276 Å². The van der Waals surface area contributed by atoms with E-state index >= 15 is 0 Å². The number of carboxylic acid groups (broad SMARTS) is 1. The van der Waals surface area contributed by atoms with Gasteiger partial charge in [-0.3, -0.25) is 29.0 Å². The Bertz CT molecular complexity index is 2180. The number of carbonyl (C=O) groups excluding carboxylic acids is 3. The molecule has 0 atom stereocenters. The van der Waals surface area contributed by atoms with E-state index in [1.807, 2.05) is 26.0 Å². The maximum absolute atomic E-state index is 12.8. The number of aliphatic carboxylic acids is 1. The van der Waals surface area contributed by atoms with Crippen molar-refractivity contribution in [2.45, 2.75) is 46.1 Å². The molecule has 3 amide bonds. The van der Waals surface area contributed by atoms with E-state index < -0.39 is 26.0 Å². The average Bonchev–Trinajstić information content (AvgIpc) is 3.18. The molecule has 0 fully saturated rings. The number of benzene rings is 3. The van der Waals surface area contributed by atoms with E-state index in [1.165, 1.54) is 6.20 Å². The number of nitrogen functional groups attached to an aromatic ring is 1. The van der Waals surface area contributed by atoms with Crippen LogP contribution in [0.15, 0.2) is 83.8 Å². The minimum Gasteiger partial charge on any atom is -0.481 e. The molecule has 0 unspecified atom stereocenters. The van der Waals surface area contributed by atoms with Gasteiger partial charge in [0.2, 0.25) is 17.8 Å². The van der Waals surface area contributed by atoms with Crippen LogP contribution in [0.3, 0.4) is 0 Å². The highest BCUT2D eigenvalue weighted by molar-refractivity contribution is 7.41. The lowest BCUT2D eigenvalue weighted by Gasteiger charge is -2.15. The van der Waals surface area contributed by atoms with Gasteiger partial charge in [-0.25, -0.2) is 9.97 Å². The Morgan fingerprint density at radius 3 is 2.21 bits per heavy atom. The first-order chi connectivity index (χ1) is 27.4. The van der Waals surface area contributed by atoms with E-state index in [0.29, 0.717) is 61.0 Å². The van der Waals surface area contributed by atoms with Gasteiger partial charge in [-0.1, -0.05) is 24.3 Å². The van der Waals surface area contributed by atoms with Crippen LogP contribution in [0.5, 0.6) is 0 Å². The summed E-state index contributed by atoms with van der Waals surface area (Å²) < 4.78 is 16.5. The van der Waals surface area contributed by atoms with Gasteiger partial charge in [-0.15, -0.1) is 0 Å². The number of aromatic nitrogens is 4. The lowest BCUT2D eigenvalue weighted by molar-refractivity contribution is -0.137. The van der Waals surface area contributed by atoms with Gasteiger partial charge in [0, 0.05) is 29.8 Å². The monoisotopic (exact) mass is 801 g/mol. The molecule has 0 radical (unpaired) electrons. The predicted molar refractivity (Wildman–Crippen MR) is 215 cm³/mol. The summed E-state index contributed by atoms with van der Waals surface area (Å²) in [5, 5.41) is 17.3. The van der Waals surface area contributed by atoms with E-state index in [-0.39, 0.29) is 48.2 Å². The molecule has 0 aliphatic heterocycles. The summed E-state index contributed by atoms with van der Waals surface area (Å²) in [5.41, 5.74) is 14.6. The maximum atomic E-state index is 12.8. The van der Waals surface area contributed by atoms with Gasteiger partial charge in [-0.05, 0) is 80.8 Å². The van der Waals surface area contributed by atoms with Gasteiger partial charge < -0.3 is 46.1 Å². The lowest BCUT2D eigenvalue weighted by Crippen LogP contribution is -2.18. The van der Waals surface area contributed by atoms with Crippen LogP contribution < -0.4 is 33.0 Å². The molecule has 2 heterocycles. The van der Waals surface area contributed by atoms with Crippen molar-refractivity contribution in [3.8, 4) is 0 Å². The van der Waals surface area contributed by atoms with Gasteiger partial charge in [0.05, 0.1) is 49.5 Å². The number of anilines is 4. The van der Waals surface area contributed by atoms with Crippen LogP contribution in [-0.2, 0) is 36.1 Å². The maximum Gasteiger partial charge on any atom is 0.332 e. The Labute approximate surface area is 328 Å². The average molecular weight is 802 g/mol. The fourth-order valence-electron chi connectivity index (χ4n) is 4.92. The minimum atomic E-state index is -1.33. The number of nitrogens with one attached hydrogen (secondary N) is 4. The highest BCUT2D eigenvalue weighted by atomic mass is 31.2. The first kappa shape index (κ1) is 43.4. The highest BCUT2D eigenvalue weighted by Crippen LogP contribution is 2.39. The van der Waals surface area contributed by atoms with Crippen LogP contribution in [0.4, 0.5) is 23.0 Å². The Morgan fingerprint density at radius 1 is 0.860 bits per heavy atom. The first-order valence-corrected chi connectivity index (χ1v) is 18.9. The number of primary amides is 1. The first-order valence-electron chi connectivity index (χ1n) is 17.8. The SMILES string of the molecule is CCOP(OCC)OCCc1ccc(NC(=O)c2ccccc2NC(=O)CCCC(=O)O)cc1.NC(=O)c1ccc(NCc2cnc3nc(N)[nH]c(=O)c3n2)cc1. The second kappa shape index (κ2) is 22.3. The summed E-state index contributed by atoms with van der Waals surface area (Å²) in [6, 6.07) is 20.8. The van der Waals surface area contributed by atoms with Gasteiger partial charge >= 0.3 is 14.6 Å². The van der Waals surface area contributed by atoms with Gasteiger partial charge in [0.25, 0.3) is 11.5 Å². The van der Waals surface area contributed by atoms with Crippen LogP contribution in [0.2, 0.25) is 0 Å². The summed E-state index contributed by atoms with van der Waals surface area (Å²) in [4.78, 5) is 72.9. The third-order valence-corrected chi connectivity index (χ3v) is 8.97. The zero-order chi connectivity index (χ0) is 41.2. The van der Waals surface area contributed by atoms with Crippen molar-refractivity contribution in [2.24, 2.45) is 5.73 Å². The Balaban J connectivity index is 0.000000271. The van der Waals surface area contributed by atoms with E-state index in [9.17, 15) is 24.0 Å². The molecular weight excluding hydrogens is 757 g/mol. The van der Waals surface area contributed by atoms with Crippen molar-refractivity contribution in [1.29, 1.82) is 0 Å². The zero-order valence-corrected chi connectivity index (χ0v) is 32.2. The highest BCUT2D eigenvalue weighted by Gasteiger charge is 2.15. The Morgan fingerprint density at radius 2 is 1.54 bits per heavy atom. The summed E-state index contributed by atoms with van der Waals surface area (Å²) in [6.45, 7) is 5.63. The van der Waals surface area contributed by atoms with Crippen LogP contribution >= 0.6 is 8.60 Å². The molecule has 2 aromatic heterocycles. The second-order valence-electron chi connectivity index (χ2n) is 11.9. The molecule has 0 saturated heterocycles. The Hall–Kier alpha value is -6.33. The van der Waals surface area contributed by atoms with Gasteiger partial charge in [0.15, 0.2) is 11.2 Å². The van der Waals surface area contributed by atoms with Crippen LogP contribution in [0.25, 0.3) is 11.2 Å². The fourth-order valence-corrected chi connectivity index (χ4v) is 5.80. The molecule has 0 aliphatic rings. The van der Waals surface area contributed by atoms with Gasteiger partial charge in [0.1, 0.15) is 0 Å². The number of para-hydroxylation sites is 1. The van der Waals surface area contributed by atoms with Crippen molar-refractivity contribution >= 4 is 66.5 Å². The number of nitrogens with two attached hydrogens (primary N) is 2. The van der Waals surface area contributed by atoms with Crippen molar-refractivity contribution in [1.82, 2.24) is 19.9 Å². The number of carbonyl (C=O) groups is 4. The molecule has 0 saturated carbocycles. The second-order valence-corrected chi connectivity index (χ2v) is 13.1. The number of nitrogens with zero attached hydrogens (tertiary/aromatic N) is 3. The number of H-pyrrole nitrogens is 1. The molecule has 0 bridgehead atoms. The van der Waals surface area contributed by atoms with E-state index in [0.717, 1.165) is 11.3 Å². The normalized spacial score (nSPS) is 10.7. The molecule has 18 nitrogen and oxygen atoms in total. The fraction of sp³-hybridized carbons (Fsp3) is 0.263. The molecule has 57 heavy (non-hydrogen) atoms. The minimum absolute atomic E-state index is 0.00258. The van der Waals surface area contributed by atoms with Crippen LogP contribution in [0, 0.1) is 0 Å². The molecule has 3 aromatic carbocycles. The zero-order valence-electron chi connectivity index (χ0n) is 31.3. The van der Waals surface area contributed by atoms with Gasteiger partial charge in [-0.2, -0.15) is 4.98 Å². The summed E-state index contributed by atoms with van der Waals surface area (Å²) >= 11 is 0. The molecule has 9 N–H and O–H groups in total. The predicted octanol–water partition coefficient (Wildman–Crippen LogP) is 5.00. The Kier molecular flexibility index (Phi) is 17.0. The van der Waals surface area contributed by atoms with Crippen molar-refractivity contribution in [3.63, 3.8) is 0 Å². The summed E-state index contributed by atoms with van der Waals surface area (Å²) in [6.07, 6.45) is 2.39. The van der Waals surface area contributed by atoms with E-state index in [1.54, 1.807) is 60.7 Å². The standard InChI is InChI=1S/C24H31N2O7P.C14H13N7O2/c1-3-31-34(32-4-2)33-17-16-18-12-14-19(15-13-18)25-24(30)20-8-5-6-9-21(20)26-22(27)10-7-11-23(28)29;15-11(22)7-1-3-8(4-2-7)17-5-9-6-18-12-10(19-9)13(23)21-14(16)20-12/h5-6,8-9,12-15H,3-4,7,10-11,16-17H2,1-2H3,(H,25,30)(H,26,27)(H,28,29);1-4,6,17H,5H2,(H2,15,22)(H3,16,18,20,21,23). The van der Waals surface area contributed by atoms with Crippen molar-refractivity contribution < 1.29 is 37.9 Å². The molecular formula is C38H44N9O9P.